The quantitative estimate of drug-likeness (QED) is 0.570. The topological polar surface area (TPSA) is 122 Å². The molecule has 3 N–H and O–H groups in total. The number of carbonyl (C=O) groups excluding carboxylic acids is 1. The number of aliphatic hydroxyl groups excluding tert-OH is 1. The summed E-state index contributed by atoms with van der Waals surface area (Å²) >= 11 is 0. The van der Waals surface area contributed by atoms with Gasteiger partial charge in [0.1, 0.15) is 6.54 Å². The Morgan fingerprint density at radius 3 is 2.72 bits per heavy atom. The van der Waals surface area contributed by atoms with E-state index < -0.39 is 29.7 Å². The largest absolute Gasteiger partial charge is 0.480 e. The highest BCUT2D eigenvalue weighted by atomic mass is 16.4. The highest BCUT2D eigenvalue weighted by molar-refractivity contribution is 5.83. The molecular weight excluding hydrogens is 242 g/mol. The van der Waals surface area contributed by atoms with Crippen LogP contribution in [0.25, 0.3) is 0 Å². The molecule has 8 nitrogen and oxygen atoms in total. The van der Waals surface area contributed by atoms with Crippen LogP contribution in [0.15, 0.2) is 23.3 Å². The van der Waals surface area contributed by atoms with E-state index in [1.165, 1.54) is 25.4 Å². The molecule has 1 rings (SSSR count). The number of rotatable bonds is 5. The normalized spacial score (nSPS) is 13.7. The van der Waals surface area contributed by atoms with Gasteiger partial charge in [0, 0.05) is 12.4 Å². The van der Waals surface area contributed by atoms with E-state index >= 15 is 0 Å². The highest BCUT2D eigenvalue weighted by Crippen LogP contribution is 1.93. The average Bonchev–Trinajstić information content (AvgIpc) is 2.28. The summed E-state index contributed by atoms with van der Waals surface area (Å²) in [6.07, 6.45) is 1.40. The third-order valence-electron chi connectivity index (χ3n) is 2.16. The molecule has 1 amide bonds. The van der Waals surface area contributed by atoms with Crippen molar-refractivity contribution in [2.24, 2.45) is 0 Å². The van der Waals surface area contributed by atoms with E-state index in [1.807, 2.05) is 0 Å². The van der Waals surface area contributed by atoms with Crippen molar-refractivity contribution in [2.75, 3.05) is 0 Å². The van der Waals surface area contributed by atoms with Crippen molar-refractivity contribution in [1.29, 1.82) is 0 Å². The van der Waals surface area contributed by atoms with Crippen molar-refractivity contribution in [2.45, 2.75) is 25.6 Å². The van der Waals surface area contributed by atoms with Gasteiger partial charge in [0.25, 0.3) is 0 Å². The Hall–Kier alpha value is -2.22. The molecule has 18 heavy (non-hydrogen) atoms. The van der Waals surface area contributed by atoms with Gasteiger partial charge in [-0.25, -0.2) is 14.6 Å². The Kier molecular flexibility index (Phi) is 4.55. The van der Waals surface area contributed by atoms with Crippen molar-refractivity contribution >= 4 is 11.9 Å². The summed E-state index contributed by atoms with van der Waals surface area (Å²) in [5.74, 6) is -2.05. The summed E-state index contributed by atoms with van der Waals surface area (Å²) in [4.78, 5) is 36.9. The molecule has 0 aromatic carbocycles. The van der Waals surface area contributed by atoms with E-state index in [0.29, 0.717) is 0 Å². The van der Waals surface area contributed by atoms with Gasteiger partial charge in [-0.3, -0.25) is 9.36 Å². The van der Waals surface area contributed by atoms with Gasteiger partial charge in [-0.15, -0.1) is 0 Å². The van der Waals surface area contributed by atoms with Crippen LogP contribution in [0.2, 0.25) is 0 Å². The minimum Gasteiger partial charge on any atom is -0.480 e. The molecule has 2 atom stereocenters. The van der Waals surface area contributed by atoms with E-state index in [0.717, 1.165) is 4.57 Å². The monoisotopic (exact) mass is 255 g/mol. The molecule has 0 fully saturated rings. The molecule has 98 valence electrons. The van der Waals surface area contributed by atoms with Crippen LogP contribution in [0.5, 0.6) is 0 Å². The van der Waals surface area contributed by atoms with E-state index in [4.69, 9.17) is 5.11 Å². The maximum absolute atomic E-state index is 11.5. The summed E-state index contributed by atoms with van der Waals surface area (Å²) in [6, 6.07) is 0.0581. The smallest absolute Gasteiger partial charge is 0.347 e. The number of hydrogen-bond acceptors (Lipinski definition) is 5. The third-order valence-corrected chi connectivity index (χ3v) is 2.16. The first-order valence-electron chi connectivity index (χ1n) is 5.13. The lowest BCUT2D eigenvalue weighted by atomic mass is 10.2. The van der Waals surface area contributed by atoms with Gasteiger partial charge in [-0.05, 0) is 13.0 Å². The summed E-state index contributed by atoms with van der Waals surface area (Å²) in [6.45, 7) is 0.887. The van der Waals surface area contributed by atoms with Crippen LogP contribution in [0.4, 0.5) is 0 Å². The van der Waals surface area contributed by atoms with Crippen molar-refractivity contribution < 1.29 is 19.8 Å². The number of aliphatic hydroxyl groups is 1. The molecule has 0 radical (unpaired) electrons. The van der Waals surface area contributed by atoms with Gasteiger partial charge in [0.15, 0.2) is 6.04 Å². The van der Waals surface area contributed by atoms with Crippen LogP contribution < -0.4 is 11.0 Å². The minimum absolute atomic E-state index is 0.358. The van der Waals surface area contributed by atoms with Gasteiger partial charge in [0.2, 0.25) is 5.91 Å². The Morgan fingerprint density at radius 1 is 1.56 bits per heavy atom. The zero-order chi connectivity index (χ0) is 13.7. The summed E-state index contributed by atoms with van der Waals surface area (Å²) in [5, 5.41) is 20.0. The summed E-state index contributed by atoms with van der Waals surface area (Å²) < 4.78 is 1.02. The van der Waals surface area contributed by atoms with Gasteiger partial charge < -0.3 is 15.5 Å². The Labute approximate surface area is 102 Å². The molecule has 0 spiro atoms. The second kappa shape index (κ2) is 5.92. The molecule has 0 saturated carbocycles. The fourth-order valence-electron chi connectivity index (χ4n) is 1.27. The molecule has 0 aliphatic carbocycles. The first-order chi connectivity index (χ1) is 8.41. The maximum Gasteiger partial charge on any atom is 0.347 e. The zero-order valence-corrected chi connectivity index (χ0v) is 9.61. The van der Waals surface area contributed by atoms with E-state index in [9.17, 15) is 19.5 Å². The molecular formula is C10H13N3O5. The number of carboxylic acid groups (broad SMARTS) is 1. The van der Waals surface area contributed by atoms with E-state index in [2.05, 4.69) is 10.3 Å². The van der Waals surface area contributed by atoms with Gasteiger partial charge in [0.05, 0.1) is 6.10 Å². The second-order valence-electron chi connectivity index (χ2n) is 3.65. The van der Waals surface area contributed by atoms with E-state index in [-0.39, 0.29) is 6.54 Å². The molecule has 0 saturated heterocycles. The molecule has 1 aromatic rings. The summed E-state index contributed by atoms with van der Waals surface area (Å²) in [7, 11) is 0. The van der Waals surface area contributed by atoms with Gasteiger partial charge >= 0.3 is 11.7 Å². The molecule has 0 aliphatic heterocycles. The lowest BCUT2D eigenvalue weighted by Gasteiger charge is -2.17. The molecule has 0 bridgehead atoms. The van der Waals surface area contributed by atoms with Crippen molar-refractivity contribution in [3.05, 3.63) is 28.9 Å². The third kappa shape index (κ3) is 3.67. The van der Waals surface area contributed by atoms with Gasteiger partial charge in [-0.2, -0.15) is 0 Å². The lowest BCUT2D eigenvalue weighted by Crippen LogP contribution is -2.49. The van der Waals surface area contributed by atoms with Crippen molar-refractivity contribution in [3.63, 3.8) is 0 Å². The first kappa shape index (κ1) is 13.8. The van der Waals surface area contributed by atoms with Crippen LogP contribution in [-0.4, -0.2) is 43.8 Å². The standard InChI is InChI=1S/C10H13N3O5/c1-6(14)8(9(16)17)12-7(15)5-13-4-2-3-11-10(13)18/h2-4,6,8,14H,5H2,1H3,(H,12,15)(H,16,17)/t6-,8+/m1/s1. The maximum atomic E-state index is 11.5. The van der Waals surface area contributed by atoms with E-state index in [1.54, 1.807) is 0 Å². The van der Waals surface area contributed by atoms with Crippen LogP contribution in [-0.2, 0) is 16.1 Å². The molecule has 1 heterocycles. The molecule has 1 aromatic heterocycles. The van der Waals surface area contributed by atoms with Crippen LogP contribution in [0.3, 0.4) is 0 Å². The highest BCUT2D eigenvalue weighted by Gasteiger charge is 2.24. The number of amides is 1. The number of nitrogens with one attached hydrogen (secondary N) is 1. The van der Waals surface area contributed by atoms with Gasteiger partial charge in [-0.1, -0.05) is 0 Å². The minimum atomic E-state index is -1.41. The van der Waals surface area contributed by atoms with Crippen LogP contribution in [0, 0.1) is 0 Å². The fourth-order valence-corrected chi connectivity index (χ4v) is 1.27. The molecule has 0 unspecified atom stereocenters. The number of carboxylic acids is 1. The fraction of sp³-hybridized carbons (Fsp3) is 0.400. The SMILES string of the molecule is C[C@@H](O)[C@H](NC(=O)Cn1cccnc1=O)C(=O)O. The van der Waals surface area contributed by atoms with Crippen molar-refractivity contribution in [3.8, 4) is 0 Å². The number of carbonyl (C=O) groups is 2. The number of nitrogens with zero attached hydrogens (tertiary/aromatic N) is 2. The lowest BCUT2D eigenvalue weighted by molar-refractivity contribution is -0.144. The number of aliphatic carboxylic acids is 1. The number of aromatic nitrogens is 2. The second-order valence-corrected chi connectivity index (χ2v) is 3.65. The molecule has 8 heteroatoms. The Balaban J connectivity index is 2.70. The average molecular weight is 255 g/mol. The summed E-state index contributed by atoms with van der Waals surface area (Å²) in [5.41, 5.74) is -0.614. The van der Waals surface area contributed by atoms with Crippen LogP contribution >= 0.6 is 0 Å². The predicted molar refractivity (Wildman–Crippen MR) is 59.7 cm³/mol. The Morgan fingerprint density at radius 2 is 2.22 bits per heavy atom. The zero-order valence-electron chi connectivity index (χ0n) is 9.61. The predicted octanol–water partition coefficient (Wildman–Crippen LogP) is -1.81. The Bertz CT molecular complexity index is 496. The van der Waals surface area contributed by atoms with Crippen LogP contribution in [0.1, 0.15) is 6.92 Å². The number of hydrogen-bond donors (Lipinski definition) is 3. The van der Waals surface area contributed by atoms with Crippen molar-refractivity contribution in [1.82, 2.24) is 14.9 Å². The molecule has 0 aliphatic rings. The first-order valence-corrected chi connectivity index (χ1v) is 5.13.